The van der Waals surface area contributed by atoms with Crippen LogP contribution in [0.2, 0.25) is 0 Å². The second-order valence-electron chi connectivity index (χ2n) is 8.87. The monoisotopic (exact) mass is 559 g/mol. The lowest BCUT2D eigenvalue weighted by molar-refractivity contribution is 0.154. The molecule has 2 N–H and O–H groups in total. The molecule has 39 heavy (non-hydrogen) atoms. The molecule has 1 saturated heterocycles. The second kappa shape index (κ2) is 10.5. The molecule has 4 aromatic rings. The highest BCUT2D eigenvalue weighted by atomic mass is 32.2. The minimum atomic E-state index is -4.17. The van der Waals surface area contributed by atoms with Crippen molar-refractivity contribution >= 4 is 21.9 Å². The molecule has 1 fully saturated rings. The summed E-state index contributed by atoms with van der Waals surface area (Å²) in [6, 6.07) is 8.53. The fourth-order valence-electron chi connectivity index (χ4n) is 4.42. The molecule has 2 atom stereocenters. The predicted octanol–water partition coefficient (Wildman–Crippen LogP) is 2.16. The fraction of sp³-hybridized carbons (Fsp3) is 0.333. The first-order valence-electron chi connectivity index (χ1n) is 11.9. The number of hydrogen-bond donors (Lipinski definition) is 2. The zero-order chi connectivity index (χ0) is 27.7. The minimum Gasteiger partial charge on any atom is -0.494 e. The van der Waals surface area contributed by atoms with E-state index in [4.69, 9.17) is 13.9 Å². The van der Waals surface area contributed by atoms with Crippen LogP contribution in [0, 0.1) is 12.7 Å². The average Bonchev–Trinajstić information content (AvgIpc) is 3.53. The molecule has 1 aliphatic heterocycles. The van der Waals surface area contributed by atoms with Crippen LogP contribution in [0.4, 0.5) is 16.3 Å². The van der Waals surface area contributed by atoms with Gasteiger partial charge in [0.05, 0.1) is 32.7 Å². The Kier molecular flexibility index (Phi) is 7.10. The lowest BCUT2D eigenvalue weighted by atomic mass is 10.1. The van der Waals surface area contributed by atoms with E-state index < -0.39 is 27.2 Å². The molecule has 206 valence electrons. The van der Waals surface area contributed by atoms with E-state index in [0.717, 1.165) is 12.4 Å². The van der Waals surface area contributed by atoms with Gasteiger partial charge in [-0.25, -0.2) is 22.8 Å². The van der Waals surface area contributed by atoms with Crippen LogP contribution in [-0.2, 0) is 10.0 Å². The SMILES string of the molecule is COc1cccc(OC)c1-n1c(NS(=O)(=O)[C@@H]2C[C@@H](O)CN(c3ncc(F)cn3)C2)nnc1-c1ccc(C)o1. The molecule has 1 aliphatic rings. The zero-order valence-electron chi connectivity index (χ0n) is 21.3. The highest BCUT2D eigenvalue weighted by Gasteiger charge is 2.37. The number of nitrogens with one attached hydrogen (secondary N) is 1. The van der Waals surface area contributed by atoms with Crippen molar-refractivity contribution in [1.29, 1.82) is 0 Å². The number of piperidine rings is 1. The number of ether oxygens (including phenoxy) is 2. The van der Waals surface area contributed by atoms with Crippen LogP contribution in [0.5, 0.6) is 11.5 Å². The van der Waals surface area contributed by atoms with E-state index in [-0.39, 0.29) is 37.2 Å². The van der Waals surface area contributed by atoms with Gasteiger partial charge in [-0.2, -0.15) is 0 Å². The predicted molar refractivity (Wildman–Crippen MR) is 138 cm³/mol. The first-order chi connectivity index (χ1) is 18.7. The smallest absolute Gasteiger partial charge is 0.243 e. The summed E-state index contributed by atoms with van der Waals surface area (Å²) >= 11 is 0. The van der Waals surface area contributed by atoms with Crippen molar-refractivity contribution < 1.29 is 31.8 Å². The molecule has 3 aromatic heterocycles. The van der Waals surface area contributed by atoms with Crippen molar-refractivity contribution in [3.63, 3.8) is 0 Å². The molecule has 0 aliphatic carbocycles. The Morgan fingerprint density at radius 2 is 1.77 bits per heavy atom. The Bertz CT molecular complexity index is 1550. The Morgan fingerprint density at radius 3 is 2.38 bits per heavy atom. The first kappa shape index (κ1) is 26.4. The van der Waals surface area contributed by atoms with E-state index in [2.05, 4.69) is 24.9 Å². The van der Waals surface area contributed by atoms with E-state index in [1.807, 2.05) is 0 Å². The maximum Gasteiger partial charge on any atom is 0.243 e. The number of methoxy groups -OCH3 is 2. The van der Waals surface area contributed by atoms with Gasteiger partial charge in [0.1, 0.15) is 28.2 Å². The lowest BCUT2D eigenvalue weighted by Gasteiger charge is -2.35. The number of benzene rings is 1. The van der Waals surface area contributed by atoms with Crippen LogP contribution >= 0.6 is 0 Å². The van der Waals surface area contributed by atoms with Crippen LogP contribution in [0.3, 0.4) is 0 Å². The van der Waals surface area contributed by atoms with Gasteiger partial charge < -0.3 is 23.9 Å². The topological polar surface area (TPSA) is 158 Å². The van der Waals surface area contributed by atoms with Gasteiger partial charge in [0, 0.05) is 13.1 Å². The number of rotatable bonds is 8. The third-order valence-corrected chi connectivity index (χ3v) is 7.89. The third-order valence-electron chi connectivity index (χ3n) is 6.20. The molecule has 0 saturated carbocycles. The number of aliphatic hydroxyl groups is 1. The maximum absolute atomic E-state index is 13.7. The van der Waals surface area contributed by atoms with Crippen LogP contribution < -0.4 is 19.1 Å². The molecular weight excluding hydrogens is 533 g/mol. The van der Waals surface area contributed by atoms with Gasteiger partial charge in [0.15, 0.2) is 11.6 Å². The van der Waals surface area contributed by atoms with E-state index in [1.165, 1.54) is 23.7 Å². The molecule has 13 nitrogen and oxygen atoms in total. The van der Waals surface area contributed by atoms with Crippen LogP contribution in [0.15, 0.2) is 47.1 Å². The maximum atomic E-state index is 13.7. The summed E-state index contributed by atoms with van der Waals surface area (Å²) in [4.78, 5) is 9.32. The van der Waals surface area contributed by atoms with Crippen molar-refractivity contribution in [1.82, 2.24) is 24.7 Å². The van der Waals surface area contributed by atoms with Gasteiger partial charge in [0.2, 0.25) is 27.7 Å². The van der Waals surface area contributed by atoms with Crippen molar-refractivity contribution in [3.05, 3.63) is 54.3 Å². The Hall–Kier alpha value is -4.24. The number of sulfonamides is 1. The minimum absolute atomic E-state index is 0.0472. The van der Waals surface area contributed by atoms with Crippen molar-refractivity contribution in [2.24, 2.45) is 0 Å². The number of nitrogens with zero attached hydrogens (tertiary/aromatic N) is 6. The molecule has 0 radical (unpaired) electrons. The number of para-hydroxylation sites is 1. The summed E-state index contributed by atoms with van der Waals surface area (Å²) < 4.78 is 61.5. The molecule has 0 unspecified atom stereocenters. The molecule has 0 bridgehead atoms. The summed E-state index contributed by atoms with van der Waals surface area (Å²) in [5.41, 5.74) is 0.347. The first-order valence-corrected chi connectivity index (χ1v) is 13.4. The molecular formula is C24H26FN7O6S. The summed E-state index contributed by atoms with van der Waals surface area (Å²) in [7, 11) is -1.23. The normalized spacial score (nSPS) is 17.7. The molecule has 15 heteroatoms. The van der Waals surface area contributed by atoms with Crippen LogP contribution in [-0.4, -0.2) is 76.9 Å². The number of β-amino-alcohol motifs (C(OH)–C–C–N with tert-alkyl or cyclic N) is 1. The van der Waals surface area contributed by atoms with Crippen molar-refractivity contribution in [2.45, 2.75) is 24.7 Å². The van der Waals surface area contributed by atoms with Crippen molar-refractivity contribution in [2.75, 3.05) is 36.9 Å². The summed E-state index contributed by atoms with van der Waals surface area (Å²) in [5, 5.41) is 17.7. The molecule has 1 aromatic carbocycles. The van der Waals surface area contributed by atoms with Gasteiger partial charge in [-0.3, -0.25) is 9.29 Å². The Morgan fingerprint density at radius 1 is 1.08 bits per heavy atom. The number of aliphatic hydroxyl groups excluding tert-OH is 1. The Balaban J connectivity index is 1.55. The van der Waals surface area contributed by atoms with E-state index >= 15 is 0 Å². The molecule has 5 rings (SSSR count). The lowest BCUT2D eigenvalue weighted by Crippen LogP contribution is -2.50. The van der Waals surface area contributed by atoms with E-state index in [9.17, 15) is 17.9 Å². The molecule has 4 heterocycles. The fourth-order valence-corrected chi connectivity index (χ4v) is 5.83. The van der Waals surface area contributed by atoms with Crippen LogP contribution in [0.25, 0.3) is 17.3 Å². The zero-order valence-corrected chi connectivity index (χ0v) is 22.1. The number of halogens is 1. The highest BCUT2D eigenvalue weighted by molar-refractivity contribution is 7.93. The van der Waals surface area contributed by atoms with Crippen LogP contribution in [0.1, 0.15) is 12.2 Å². The average molecular weight is 560 g/mol. The summed E-state index contributed by atoms with van der Waals surface area (Å²) in [5.74, 6) is 1.22. The van der Waals surface area contributed by atoms with E-state index in [1.54, 1.807) is 37.3 Å². The molecule has 0 amide bonds. The highest BCUT2D eigenvalue weighted by Crippen LogP contribution is 2.38. The van der Waals surface area contributed by atoms with Gasteiger partial charge in [-0.1, -0.05) is 6.07 Å². The second-order valence-corrected chi connectivity index (χ2v) is 10.8. The number of aromatic nitrogens is 5. The van der Waals surface area contributed by atoms with Gasteiger partial charge in [0.25, 0.3) is 0 Å². The third kappa shape index (κ3) is 5.22. The van der Waals surface area contributed by atoms with Gasteiger partial charge in [-0.05, 0) is 37.6 Å². The van der Waals surface area contributed by atoms with Gasteiger partial charge >= 0.3 is 0 Å². The standard InChI is InChI=1S/C24H26FN7O6S/c1-14-7-8-20(38-14)22-28-29-24(32(22)21-18(36-2)5-4-6-19(21)37-3)30-39(34,35)17-9-16(33)12-31(13-17)23-26-10-15(25)11-27-23/h4-8,10-11,16-17,33H,9,12-13H2,1-3H3,(H,29,30)/t16-,17-/m1/s1. The summed E-state index contributed by atoms with van der Waals surface area (Å²) in [6.07, 6.45) is 0.907. The largest absolute Gasteiger partial charge is 0.494 e. The number of anilines is 2. The quantitative estimate of drug-likeness (QED) is 0.326. The summed E-state index contributed by atoms with van der Waals surface area (Å²) in [6.45, 7) is 1.81. The van der Waals surface area contributed by atoms with Crippen molar-refractivity contribution in [3.8, 4) is 28.8 Å². The number of aryl methyl sites for hydroxylation is 1. The van der Waals surface area contributed by atoms with Gasteiger partial charge in [-0.15, -0.1) is 10.2 Å². The number of furan rings is 1. The number of hydrogen-bond acceptors (Lipinski definition) is 11. The Labute approximate surface area is 223 Å². The van der Waals surface area contributed by atoms with E-state index in [0.29, 0.717) is 28.7 Å². The molecule has 0 spiro atoms.